The molecule has 0 unspecified atom stereocenters. The van der Waals surface area contributed by atoms with Crippen LogP contribution in [0.4, 0.5) is 5.00 Å². The molecule has 0 aliphatic carbocycles. The Morgan fingerprint density at radius 1 is 1.06 bits per heavy atom. The fraction of sp³-hybridized carbons (Fsp3) is 0.261. The zero-order valence-corrected chi connectivity index (χ0v) is 19.4. The standard InChI is InChI=1S/C23H23N3O6S/c1-5-31-22(29)17-14(4)19(23(30)32-6-2)33-21(17)24-20(28)18-16(27)10-11-26(25-18)15-9-7-8-13(3)12-15/h7-12H,5-6H2,1-4H3,(H,24,28). The number of ether oxygens (including phenoxy) is 2. The van der Waals surface area contributed by atoms with Crippen LogP contribution in [0.2, 0.25) is 0 Å². The lowest BCUT2D eigenvalue weighted by molar-refractivity contribution is 0.0527. The Balaban J connectivity index is 2.01. The summed E-state index contributed by atoms with van der Waals surface area (Å²) in [6.07, 6.45) is 1.46. The number of aryl methyl sites for hydroxylation is 1. The number of nitrogens with one attached hydrogen (secondary N) is 1. The summed E-state index contributed by atoms with van der Waals surface area (Å²) in [5.41, 5.74) is 1.07. The van der Waals surface area contributed by atoms with Gasteiger partial charge in [0.1, 0.15) is 9.88 Å². The zero-order valence-electron chi connectivity index (χ0n) is 18.6. The molecule has 2 aromatic heterocycles. The average Bonchev–Trinajstić information content (AvgIpc) is 3.10. The average molecular weight is 470 g/mol. The van der Waals surface area contributed by atoms with Crippen molar-refractivity contribution >= 4 is 34.2 Å². The van der Waals surface area contributed by atoms with Crippen LogP contribution >= 0.6 is 11.3 Å². The first kappa shape index (κ1) is 23.9. The molecule has 172 valence electrons. The molecule has 33 heavy (non-hydrogen) atoms. The normalized spacial score (nSPS) is 10.5. The molecule has 3 rings (SSSR count). The van der Waals surface area contributed by atoms with Crippen molar-refractivity contribution < 1.29 is 23.9 Å². The van der Waals surface area contributed by atoms with Gasteiger partial charge in [-0.05, 0) is 51.0 Å². The number of carbonyl (C=O) groups is 3. The maximum atomic E-state index is 13.0. The molecule has 1 amide bonds. The Bertz CT molecular complexity index is 1280. The third kappa shape index (κ3) is 5.17. The van der Waals surface area contributed by atoms with Crippen molar-refractivity contribution in [3.8, 4) is 5.69 Å². The van der Waals surface area contributed by atoms with E-state index in [1.54, 1.807) is 26.8 Å². The molecule has 1 aromatic carbocycles. The molecule has 0 spiro atoms. The van der Waals surface area contributed by atoms with E-state index in [-0.39, 0.29) is 34.3 Å². The van der Waals surface area contributed by atoms with Gasteiger partial charge in [0.05, 0.1) is 24.5 Å². The van der Waals surface area contributed by atoms with Crippen molar-refractivity contribution in [1.82, 2.24) is 9.78 Å². The number of nitrogens with zero attached hydrogens (tertiary/aromatic N) is 2. The van der Waals surface area contributed by atoms with Crippen LogP contribution in [0.15, 0.2) is 41.3 Å². The number of aromatic nitrogens is 2. The van der Waals surface area contributed by atoms with Crippen LogP contribution in [-0.2, 0) is 9.47 Å². The van der Waals surface area contributed by atoms with Crippen LogP contribution in [0.3, 0.4) is 0 Å². The highest BCUT2D eigenvalue weighted by molar-refractivity contribution is 7.18. The van der Waals surface area contributed by atoms with Gasteiger partial charge in [0.25, 0.3) is 5.91 Å². The monoisotopic (exact) mass is 469 g/mol. The fourth-order valence-corrected chi connectivity index (χ4v) is 4.17. The van der Waals surface area contributed by atoms with E-state index in [9.17, 15) is 19.2 Å². The first-order chi connectivity index (χ1) is 15.8. The lowest BCUT2D eigenvalue weighted by atomic mass is 10.1. The molecule has 0 aliphatic rings. The van der Waals surface area contributed by atoms with Crippen molar-refractivity contribution in [2.24, 2.45) is 0 Å². The maximum Gasteiger partial charge on any atom is 0.348 e. The van der Waals surface area contributed by atoms with Crippen LogP contribution < -0.4 is 10.7 Å². The molecule has 9 nitrogen and oxygen atoms in total. The minimum absolute atomic E-state index is 0.0354. The quantitative estimate of drug-likeness (QED) is 0.526. The molecular formula is C23H23N3O6S. The zero-order chi connectivity index (χ0) is 24.1. The highest BCUT2D eigenvalue weighted by Gasteiger charge is 2.28. The van der Waals surface area contributed by atoms with Crippen LogP contribution in [0.5, 0.6) is 0 Å². The van der Waals surface area contributed by atoms with Gasteiger partial charge in [-0.2, -0.15) is 5.10 Å². The van der Waals surface area contributed by atoms with Gasteiger partial charge in [-0.3, -0.25) is 9.59 Å². The highest BCUT2D eigenvalue weighted by atomic mass is 32.1. The van der Waals surface area contributed by atoms with Gasteiger partial charge in [-0.25, -0.2) is 14.3 Å². The van der Waals surface area contributed by atoms with E-state index in [4.69, 9.17) is 9.47 Å². The predicted octanol–water partition coefficient (Wildman–Crippen LogP) is 3.52. The van der Waals surface area contributed by atoms with E-state index >= 15 is 0 Å². The first-order valence-corrected chi connectivity index (χ1v) is 11.0. The molecule has 3 aromatic rings. The third-order valence-corrected chi connectivity index (χ3v) is 5.79. The fourth-order valence-electron chi connectivity index (χ4n) is 3.08. The van der Waals surface area contributed by atoms with Crippen LogP contribution in [-0.4, -0.2) is 40.8 Å². The molecule has 0 bridgehead atoms. The Morgan fingerprint density at radius 3 is 2.42 bits per heavy atom. The van der Waals surface area contributed by atoms with Gasteiger partial charge in [0.2, 0.25) is 5.43 Å². The Morgan fingerprint density at radius 2 is 1.76 bits per heavy atom. The minimum atomic E-state index is -0.816. The van der Waals surface area contributed by atoms with Crippen LogP contribution in [0.25, 0.3) is 5.69 Å². The Kier molecular flexibility index (Phi) is 7.39. The molecule has 0 saturated heterocycles. The van der Waals surface area contributed by atoms with Crippen LogP contribution in [0.1, 0.15) is 55.5 Å². The Labute approximate surface area is 194 Å². The van der Waals surface area contributed by atoms with E-state index < -0.39 is 23.3 Å². The summed E-state index contributed by atoms with van der Waals surface area (Å²) in [7, 11) is 0. The van der Waals surface area contributed by atoms with E-state index in [0.717, 1.165) is 16.9 Å². The maximum absolute atomic E-state index is 13.0. The summed E-state index contributed by atoms with van der Waals surface area (Å²) in [5.74, 6) is -2.13. The molecule has 2 heterocycles. The molecule has 1 N–H and O–H groups in total. The van der Waals surface area contributed by atoms with Crippen molar-refractivity contribution in [2.75, 3.05) is 18.5 Å². The van der Waals surface area contributed by atoms with E-state index in [1.807, 2.05) is 25.1 Å². The van der Waals surface area contributed by atoms with Crippen molar-refractivity contribution in [1.29, 1.82) is 0 Å². The summed E-state index contributed by atoms with van der Waals surface area (Å²) in [5, 5.41) is 6.80. The van der Waals surface area contributed by atoms with E-state index in [1.165, 1.54) is 16.9 Å². The number of hydrogen-bond acceptors (Lipinski definition) is 8. The topological polar surface area (TPSA) is 117 Å². The summed E-state index contributed by atoms with van der Waals surface area (Å²) >= 11 is 0.876. The molecule has 10 heteroatoms. The van der Waals surface area contributed by atoms with Gasteiger partial charge in [-0.15, -0.1) is 11.3 Å². The molecule has 0 atom stereocenters. The van der Waals surface area contributed by atoms with E-state index in [0.29, 0.717) is 11.3 Å². The largest absolute Gasteiger partial charge is 0.462 e. The number of hydrogen-bond donors (Lipinski definition) is 1. The summed E-state index contributed by atoms with van der Waals surface area (Å²) < 4.78 is 11.5. The molecule has 0 radical (unpaired) electrons. The smallest absolute Gasteiger partial charge is 0.348 e. The summed E-state index contributed by atoms with van der Waals surface area (Å²) in [6, 6.07) is 8.63. The van der Waals surface area contributed by atoms with Crippen molar-refractivity contribution in [2.45, 2.75) is 27.7 Å². The predicted molar refractivity (Wildman–Crippen MR) is 123 cm³/mol. The molecular weight excluding hydrogens is 446 g/mol. The number of benzene rings is 1. The number of esters is 2. The van der Waals surface area contributed by atoms with Crippen molar-refractivity contribution in [3.05, 3.63) is 74.0 Å². The number of carbonyl (C=O) groups excluding carboxylic acids is 3. The SMILES string of the molecule is CCOC(=O)c1sc(NC(=O)c2nn(-c3cccc(C)c3)ccc2=O)c(C(=O)OCC)c1C. The van der Waals surface area contributed by atoms with Gasteiger partial charge in [0, 0.05) is 12.3 Å². The highest BCUT2D eigenvalue weighted by Crippen LogP contribution is 2.34. The summed E-state index contributed by atoms with van der Waals surface area (Å²) in [4.78, 5) is 50.4. The van der Waals surface area contributed by atoms with Gasteiger partial charge >= 0.3 is 11.9 Å². The third-order valence-electron chi connectivity index (χ3n) is 4.60. The Hall–Kier alpha value is -3.79. The number of rotatable bonds is 7. The molecule has 0 saturated carbocycles. The lowest BCUT2D eigenvalue weighted by Gasteiger charge is -2.09. The second-order valence-corrected chi connectivity index (χ2v) is 7.99. The van der Waals surface area contributed by atoms with Crippen molar-refractivity contribution in [3.63, 3.8) is 0 Å². The van der Waals surface area contributed by atoms with Crippen LogP contribution in [0, 0.1) is 13.8 Å². The van der Waals surface area contributed by atoms with Gasteiger partial charge < -0.3 is 14.8 Å². The first-order valence-electron chi connectivity index (χ1n) is 10.2. The lowest BCUT2D eigenvalue weighted by Crippen LogP contribution is -2.26. The van der Waals surface area contributed by atoms with Gasteiger partial charge in [-0.1, -0.05) is 12.1 Å². The van der Waals surface area contributed by atoms with E-state index in [2.05, 4.69) is 10.4 Å². The molecule has 0 fully saturated rings. The number of thiophene rings is 1. The molecule has 0 aliphatic heterocycles. The second-order valence-electron chi connectivity index (χ2n) is 6.97. The number of amides is 1. The van der Waals surface area contributed by atoms with Gasteiger partial charge in [0.15, 0.2) is 5.69 Å². The second kappa shape index (κ2) is 10.2. The number of anilines is 1. The minimum Gasteiger partial charge on any atom is -0.462 e. The summed E-state index contributed by atoms with van der Waals surface area (Å²) in [6.45, 7) is 7.05.